The molecule has 2 aliphatic rings. The average Bonchev–Trinajstić information content (AvgIpc) is 2.78. The Balaban J connectivity index is 1.49. The van der Waals surface area contributed by atoms with Gasteiger partial charge >= 0.3 is 5.97 Å². The summed E-state index contributed by atoms with van der Waals surface area (Å²) >= 11 is 1.55. The molecule has 2 N–H and O–H groups in total. The third-order valence-corrected chi connectivity index (χ3v) is 7.27. The number of hydrogen-bond acceptors (Lipinski definition) is 6. The molecule has 2 heterocycles. The minimum Gasteiger partial charge on any atom is -0.467 e. The van der Waals surface area contributed by atoms with Crippen molar-refractivity contribution >= 4 is 35.2 Å². The lowest BCUT2D eigenvalue weighted by atomic mass is 9.87. The summed E-state index contributed by atoms with van der Waals surface area (Å²) in [6.45, 7) is 1.92. The number of fused-ring (bicyclic) bond motifs is 1. The van der Waals surface area contributed by atoms with Crippen LogP contribution in [0.3, 0.4) is 0 Å². The molecule has 0 saturated carbocycles. The monoisotopic (exact) mass is 439 g/mol. The average molecular weight is 440 g/mol. The van der Waals surface area contributed by atoms with Crippen molar-refractivity contribution in [2.75, 3.05) is 18.2 Å². The van der Waals surface area contributed by atoms with Crippen LogP contribution in [0.15, 0.2) is 60.7 Å². The molecule has 31 heavy (non-hydrogen) atoms. The molecule has 0 spiro atoms. The van der Waals surface area contributed by atoms with Crippen LogP contribution < -0.4 is 10.6 Å². The summed E-state index contributed by atoms with van der Waals surface area (Å²) in [5.41, 5.74) is 1.02. The first-order chi connectivity index (χ1) is 14.9. The number of carbonyl (C=O) groups excluding carboxylic acids is 3. The quantitative estimate of drug-likeness (QED) is 0.529. The maximum atomic E-state index is 13.0. The number of thioether (sulfide) groups is 1. The van der Waals surface area contributed by atoms with E-state index in [0.717, 1.165) is 11.3 Å². The fourth-order valence-electron chi connectivity index (χ4n) is 4.16. The van der Waals surface area contributed by atoms with Gasteiger partial charge in [0.05, 0.1) is 19.1 Å². The number of carbonyl (C=O) groups is 3. The molecule has 2 aromatic rings. The normalized spacial score (nSPS) is 27.0. The molecular formula is C23H25N3O4S. The second kappa shape index (κ2) is 8.63. The van der Waals surface area contributed by atoms with E-state index in [1.807, 2.05) is 67.6 Å². The molecule has 162 valence electrons. The molecule has 7 nitrogen and oxygen atoms in total. The highest BCUT2D eigenvalue weighted by Crippen LogP contribution is 2.43. The number of para-hydroxylation sites is 1. The molecule has 3 unspecified atom stereocenters. The molecule has 2 amide bonds. The van der Waals surface area contributed by atoms with E-state index in [1.54, 1.807) is 16.7 Å². The van der Waals surface area contributed by atoms with E-state index in [4.69, 9.17) is 4.74 Å². The van der Waals surface area contributed by atoms with Crippen LogP contribution in [-0.4, -0.2) is 58.5 Å². The first-order valence-electron chi connectivity index (χ1n) is 10.1. The number of ether oxygens (including phenoxy) is 1. The predicted molar refractivity (Wildman–Crippen MR) is 119 cm³/mol. The zero-order chi connectivity index (χ0) is 22.0. The van der Waals surface area contributed by atoms with Crippen molar-refractivity contribution in [3.8, 4) is 0 Å². The van der Waals surface area contributed by atoms with Crippen LogP contribution in [0, 0.1) is 0 Å². The molecule has 2 saturated heterocycles. The number of hydrogen-bond donors (Lipinski definition) is 2. The Kier molecular flexibility index (Phi) is 5.91. The molecule has 2 aliphatic heterocycles. The van der Waals surface area contributed by atoms with Gasteiger partial charge in [0, 0.05) is 11.4 Å². The molecule has 0 aromatic heterocycles. The van der Waals surface area contributed by atoms with Crippen LogP contribution in [0.1, 0.15) is 12.5 Å². The number of methoxy groups -OCH3 is 1. The van der Waals surface area contributed by atoms with Crippen molar-refractivity contribution in [3.05, 3.63) is 66.2 Å². The molecule has 0 aliphatic carbocycles. The molecule has 0 bridgehead atoms. The number of rotatable bonds is 6. The Bertz CT molecular complexity index is 971. The molecule has 4 atom stereocenters. The third kappa shape index (κ3) is 4.12. The summed E-state index contributed by atoms with van der Waals surface area (Å²) in [6, 6.07) is 17.5. The van der Waals surface area contributed by atoms with Gasteiger partial charge in [-0.05, 0) is 24.6 Å². The minimum atomic E-state index is -0.793. The van der Waals surface area contributed by atoms with Crippen LogP contribution in [0.4, 0.5) is 5.69 Å². The first-order valence-corrected chi connectivity index (χ1v) is 11.2. The van der Waals surface area contributed by atoms with E-state index in [-0.39, 0.29) is 23.6 Å². The second-order valence-electron chi connectivity index (χ2n) is 7.99. The summed E-state index contributed by atoms with van der Waals surface area (Å²) in [7, 11) is 1.32. The molecule has 2 aromatic carbocycles. The molecule has 4 rings (SSSR count). The van der Waals surface area contributed by atoms with Gasteiger partial charge in [-0.1, -0.05) is 48.5 Å². The molecule has 0 radical (unpaired) electrons. The van der Waals surface area contributed by atoms with E-state index in [9.17, 15) is 14.4 Å². The largest absolute Gasteiger partial charge is 0.467 e. The summed E-state index contributed by atoms with van der Waals surface area (Å²) in [6.07, 6.45) is 0.204. The van der Waals surface area contributed by atoms with Crippen molar-refractivity contribution in [2.24, 2.45) is 0 Å². The molecular weight excluding hydrogens is 414 g/mol. The predicted octanol–water partition coefficient (Wildman–Crippen LogP) is 2.04. The molecule has 8 heteroatoms. The van der Waals surface area contributed by atoms with Gasteiger partial charge in [-0.3, -0.25) is 9.59 Å². The molecule has 2 fully saturated rings. The lowest BCUT2D eigenvalue weighted by Gasteiger charge is -2.58. The first kappa shape index (κ1) is 21.2. The van der Waals surface area contributed by atoms with Crippen molar-refractivity contribution in [3.63, 3.8) is 0 Å². The van der Waals surface area contributed by atoms with Gasteiger partial charge in [0.25, 0.3) is 0 Å². The Morgan fingerprint density at radius 2 is 1.77 bits per heavy atom. The highest BCUT2D eigenvalue weighted by atomic mass is 32.2. The number of anilines is 1. The van der Waals surface area contributed by atoms with Crippen molar-refractivity contribution < 1.29 is 19.1 Å². The lowest BCUT2D eigenvalue weighted by Crippen LogP contribution is -2.80. The maximum absolute atomic E-state index is 13.0. The lowest BCUT2D eigenvalue weighted by molar-refractivity contribution is -0.166. The van der Waals surface area contributed by atoms with Gasteiger partial charge in [0.2, 0.25) is 11.8 Å². The number of amides is 2. The Morgan fingerprint density at radius 1 is 1.13 bits per heavy atom. The zero-order valence-corrected chi connectivity index (χ0v) is 18.2. The highest BCUT2D eigenvalue weighted by Gasteiger charge is 2.61. The van der Waals surface area contributed by atoms with E-state index in [1.165, 1.54) is 7.11 Å². The fourth-order valence-corrected chi connectivity index (χ4v) is 5.67. The Labute approximate surface area is 185 Å². The Morgan fingerprint density at radius 3 is 2.42 bits per heavy atom. The van der Waals surface area contributed by atoms with Gasteiger partial charge in [-0.15, -0.1) is 11.8 Å². The number of esters is 1. The van der Waals surface area contributed by atoms with Gasteiger partial charge in [0.1, 0.15) is 11.4 Å². The maximum Gasteiger partial charge on any atom is 0.331 e. The van der Waals surface area contributed by atoms with Crippen LogP contribution in [0.25, 0.3) is 0 Å². The van der Waals surface area contributed by atoms with Gasteiger partial charge in [-0.2, -0.15) is 0 Å². The van der Waals surface area contributed by atoms with Crippen LogP contribution >= 0.6 is 11.8 Å². The highest BCUT2D eigenvalue weighted by molar-refractivity contribution is 8.00. The van der Waals surface area contributed by atoms with Crippen molar-refractivity contribution in [1.29, 1.82) is 0 Å². The summed E-state index contributed by atoms with van der Waals surface area (Å²) < 4.78 is 5.05. The standard InChI is InChI=1S/C23H25N3O4S/c1-23(25-16-11-7-4-8-12-16)14-31-21-18(20(28)26(21)19(23)22(29)30-2)24-17(27)13-15-9-5-3-6-10-15/h3-12,18-19,21,25H,13-14H2,1-2H3,(H,24,27)/t18?,19?,21-,23?/m0/s1. The summed E-state index contributed by atoms with van der Waals surface area (Å²) in [5.74, 6) is -0.384. The zero-order valence-electron chi connectivity index (χ0n) is 17.4. The van der Waals surface area contributed by atoms with Gasteiger partial charge in [0.15, 0.2) is 6.04 Å². The smallest absolute Gasteiger partial charge is 0.331 e. The van der Waals surface area contributed by atoms with E-state index in [0.29, 0.717) is 5.75 Å². The second-order valence-corrected chi connectivity index (χ2v) is 9.09. The van der Waals surface area contributed by atoms with E-state index >= 15 is 0 Å². The third-order valence-electron chi connectivity index (χ3n) is 5.67. The number of benzene rings is 2. The minimum absolute atomic E-state index is 0.204. The summed E-state index contributed by atoms with van der Waals surface area (Å²) in [5, 5.41) is 5.95. The Hall–Kier alpha value is -3.00. The van der Waals surface area contributed by atoms with Gasteiger partial charge in [-0.25, -0.2) is 4.79 Å². The summed E-state index contributed by atoms with van der Waals surface area (Å²) in [4.78, 5) is 39.8. The van der Waals surface area contributed by atoms with Crippen LogP contribution in [0.2, 0.25) is 0 Å². The van der Waals surface area contributed by atoms with E-state index in [2.05, 4.69) is 10.6 Å². The fraction of sp³-hybridized carbons (Fsp3) is 0.348. The van der Waals surface area contributed by atoms with Crippen molar-refractivity contribution in [1.82, 2.24) is 10.2 Å². The van der Waals surface area contributed by atoms with Crippen LogP contribution in [-0.2, 0) is 25.5 Å². The van der Waals surface area contributed by atoms with E-state index < -0.39 is 23.6 Å². The van der Waals surface area contributed by atoms with Crippen molar-refractivity contribution in [2.45, 2.75) is 36.3 Å². The number of β-lactam (4-membered cyclic amide) rings is 1. The van der Waals surface area contributed by atoms with Gasteiger partial charge < -0.3 is 20.3 Å². The number of nitrogens with one attached hydrogen (secondary N) is 2. The topological polar surface area (TPSA) is 87.7 Å². The van der Waals surface area contributed by atoms with Crippen LogP contribution in [0.5, 0.6) is 0 Å². The number of nitrogens with zero attached hydrogens (tertiary/aromatic N) is 1. The SMILES string of the molecule is COC(=O)C1N2C(=O)C(NC(=O)Cc3ccccc3)[C@@H]2SCC1(C)Nc1ccccc1.